The Kier molecular flexibility index (Phi) is 6.41. The minimum absolute atomic E-state index is 0.303. The van der Waals surface area contributed by atoms with Gasteiger partial charge in [0.2, 0.25) is 0 Å². The summed E-state index contributed by atoms with van der Waals surface area (Å²) in [6.07, 6.45) is 7.51. The van der Waals surface area contributed by atoms with Gasteiger partial charge in [-0.1, -0.05) is 6.92 Å². The lowest BCUT2D eigenvalue weighted by Gasteiger charge is -2.24. The van der Waals surface area contributed by atoms with Crippen LogP contribution in [0.2, 0.25) is 0 Å². The molecule has 2 unspecified atom stereocenters. The number of ether oxygens (including phenoxy) is 1. The van der Waals surface area contributed by atoms with Gasteiger partial charge < -0.3 is 14.5 Å². The molecule has 1 aliphatic rings. The molecule has 0 amide bonds. The third-order valence-electron chi connectivity index (χ3n) is 3.63. The first-order valence-electron chi connectivity index (χ1n) is 7.40. The van der Waals surface area contributed by atoms with Gasteiger partial charge >= 0.3 is 0 Å². The van der Waals surface area contributed by atoms with Crippen LogP contribution in [0.15, 0.2) is 21.2 Å². The molecule has 0 aromatic carbocycles. The van der Waals surface area contributed by atoms with Crippen molar-refractivity contribution < 1.29 is 9.15 Å². The number of nitrogens with one attached hydrogen (secondary N) is 1. The highest BCUT2D eigenvalue weighted by atomic mass is 79.9. The molecule has 2 rings (SSSR count). The van der Waals surface area contributed by atoms with E-state index >= 15 is 0 Å². The van der Waals surface area contributed by atoms with Gasteiger partial charge in [-0.25, -0.2) is 0 Å². The molecular weight excluding hydrogens is 306 g/mol. The second-order valence-corrected chi connectivity index (χ2v) is 6.00. The average Bonchev–Trinajstić information content (AvgIpc) is 2.86. The van der Waals surface area contributed by atoms with E-state index in [1.54, 1.807) is 0 Å². The number of hydrogen-bond donors (Lipinski definition) is 1. The molecule has 108 valence electrons. The highest BCUT2D eigenvalue weighted by Crippen LogP contribution is 2.26. The lowest BCUT2D eigenvalue weighted by molar-refractivity contribution is 0.00820. The first-order valence-corrected chi connectivity index (χ1v) is 8.19. The summed E-state index contributed by atoms with van der Waals surface area (Å²) in [4.78, 5) is 0. The van der Waals surface area contributed by atoms with Crippen molar-refractivity contribution in [1.82, 2.24) is 5.32 Å². The molecule has 1 aromatic heterocycles. The highest BCUT2D eigenvalue weighted by Gasteiger charge is 2.19. The quantitative estimate of drug-likeness (QED) is 0.803. The van der Waals surface area contributed by atoms with Crippen molar-refractivity contribution in [3.05, 3.63) is 22.6 Å². The van der Waals surface area contributed by atoms with Crippen LogP contribution in [0, 0.1) is 0 Å². The number of halogens is 1. The Morgan fingerprint density at radius 2 is 2.32 bits per heavy atom. The summed E-state index contributed by atoms with van der Waals surface area (Å²) in [5.74, 6) is 1.02. The number of rotatable bonds is 7. The Balaban J connectivity index is 1.86. The van der Waals surface area contributed by atoms with Gasteiger partial charge in [0.05, 0.1) is 12.1 Å². The predicted octanol–water partition coefficient (Wildman–Crippen LogP) is 4.43. The van der Waals surface area contributed by atoms with Crippen molar-refractivity contribution in [2.24, 2.45) is 0 Å². The second kappa shape index (κ2) is 8.08. The molecule has 4 heteroatoms. The van der Waals surface area contributed by atoms with Crippen molar-refractivity contribution >= 4 is 15.9 Å². The minimum Gasteiger partial charge on any atom is -0.453 e. The van der Waals surface area contributed by atoms with Crippen LogP contribution in [0.4, 0.5) is 0 Å². The SMILES string of the molecule is CCCNC(CCC1CCCCO1)c1ccc(Br)o1. The minimum atomic E-state index is 0.303. The van der Waals surface area contributed by atoms with E-state index in [2.05, 4.69) is 34.2 Å². The van der Waals surface area contributed by atoms with Crippen molar-refractivity contribution in [3.63, 3.8) is 0 Å². The van der Waals surface area contributed by atoms with Gasteiger partial charge in [0.1, 0.15) is 5.76 Å². The molecule has 3 nitrogen and oxygen atoms in total. The Labute approximate surface area is 124 Å². The number of furan rings is 1. The summed E-state index contributed by atoms with van der Waals surface area (Å²) in [5.41, 5.74) is 0. The summed E-state index contributed by atoms with van der Waals surface area (Å²) in [6.45, 7) is 4.14. The first-order chi connectivity index (χ1) is 9.29. The summed E-state index contributed by atoms with van der Waals surface area (Å²) in [5, 5.41) is 3.57. The summed E-state index contributed by atoms with van der Waals surface area (Å²) in [6, 6.07) is 4.32. The maximum absolute atomic E-state index is 5.81. The van der Waals surface area contributed by atoms with Gasteiger partial charge in [0.15, 0.2) is 4.67 Å². The molecule has 2 atom stereocenters. The van der Waals surface area contributed by atoms with E-state index in [1.807, 2.05) is 6.07 Å². The molecular formula is C15H24BrNO2. The van der Waals surface area contributed by atoms with Gasteiger partial charge in [-0.3, -0.25) is 0 Å². The average molecular weight is 330 g/mol. The van der Waals surface area contributed by atoms with E-state index in [4.69, 9.17) is 9.15 Å². The Morgan fingerprint density at radius 1 is 1.42 bits per heavy atom. The van der Waals surface area contributed by atoms with E-state index in [0.717, 1.165) is 42.8 Å². The molecule has 1 saturated heterocycles. The van der Waals surface area contributed by atoms with Crippen molar-refractivity contribution in [2.75, 3.05) is 13.2 Å². The lowest BCUT2D eigenvalue weighted by atomic mass is 10.0. The monoisotopic (exact) mass is 329 g/mol. The Morgan fingerprint density at radius 3 is 2.95 bits per heavy atom. The molecule has 19 heavy (non-hydrogen) atoms. The largest absolute Gasteiger partial charge is 0.453 e. The van der Waals surface area contributed by atoms with E-state index in [0.29, 0.717) is 12.1 Å². The molecule has 0 bridgehead atoms. The topological polar surface area (TPSA) is 34.4 Å². The predicted molar refractivity (Wildman–Crippen MR) is 80.3 cm³/mol. The molecule has 1 aliphatic heterocycles. The van der Waals surface area contributed by atoms with Crippen LogP contribution in [-0.4, -0.2) is 19.3 Å². The Bertz CT molecular complexity index is 361. The molecule has 2 heterocycles. The van der Waals surface area contributed by atoms with E-state index in [9.17, 15) is 0 Å². The van der Waals surface area contributed by atoms with Gasteiger partial charge in [-0.05, 0) is 73.1 Å². The summed E-state index contributed by atoms with van der Waals surface area (Å²) < 4.78 is 12.3. The molecule has 0 aliphatic carbocycles. The fourth-order valence-corrected chi connectivity index (χ4v) is 2.89. The molecule has 1 fully saturated rings. The molecule has 0 saturated carbocycles. The van der Waals surface area contributed by atoms with E-state index < -0.39 is 0 Å². The van der Waals surface area contributed by atoms with E-state index in [-0.39, 0.29) is 0 Å². The summed E-state index contributed by atoms with van der Waals surface area (Å²) in [7, 11) is 0. The zero-order valence-corrected chi connectivity index (χ0v) is 13.2. The van der Waals surface area contributed by atoms with Crippen LogP contribution in [0.1, 0.15) is 57.3 Å². The molecule has 1 N–H and O–H groups in total. The van der Waals surface area contributed by atoms with Crippen LogP contribution in [-0.2, 0) is 4.74 Å². The third-order valence-corrected chi connectivity index (χ3v) is 4.06. The fourth-order valence-electron chi connectivity index (χ4n) is 2.57. The first kappa shape index (κ1) is 15.1. The van der Waals surface area contributed by atoms with Gasteiger partial charge in [-0.2, -0.15) is 0 Å². The molecule has 1 aromatic rings. The third kappa shape index (κ3) is 4.93. The van der Waals surface area contributed by atoms with Crippen molar-refractivity contribution in [3.8, 4) is 0 Å². The van der Waals surface area contributed by atoms with Crippen LogP contribution >= 0.6 is 15.9 Å². The normalized spacial score (nSPS) is 21.5. The van der Waals surface area contributed by atoms with E-state index in [1.165, 1.54) is 19.3 Å². The van der Waals surface area contributed by atoms with Crippen LogP contribution in [0.5, 0.6) is 0 Å². The van der Waals surface area contributed by atoms with Crippen molar-refractivity contribution in [1.29, 1.82) is 0 Å². The maximum Gasteiger partial charge on any atom is 0.169 e. The molecule has 0 spiro atoms. The van der Waals surface area contributed by atoms with Gasteiger partial charge in [0.25, 0.3) is 0 Å². The zero-order chi connectivity index (χ0) is 13.5. The number of hydrogen-bond acceptors (Lipinski definition) is 3. The van der Waals surface area contributed by atoms with Gasteiger partial charge in [0, 0.05) is 6.61 Å². The fraction of sp³-hybridized carbons (Fsp3) is 0.733. The lowest BCUT2D eigenvalue weighted by Crippen LogP contribution is -2.25. The maximum atomic E-state index is 5.81. The standard InChI is InChI=1S/C15H24BrNO2/c1-2-10-17-13(14-8-9-15(16)19-14)7-6-12-5-3-4-11-18-12/h8-9,12-13,17H,2-7,10-11H2,1H3. The van der Waals surface area contributed by atoms with Gasteiger partial charge in [-0.15, -0.1) is 0 Å². The Hall–Kier alpha value is -0.320. The smallest absolute Gasteiger partial charge is 0.169 e. The van der Waals surface area contributed by atoms with Crippen LogP contribution in [0.3, 0.4) is 0 Å². The highest BCUT2D eigenvalue weighted by molar-refractivity contribution is 9.10. The zero-order valence-electron chi connectivity index (χ0n) is 11.7. The van der Waals surface area contributed by atoms with Crippen molar-refractivity contribution in [2.45, 2.75) is 57.6 Å². The summed E-state index contributed by atoms with van der Waals surface area (Å²) >= 11 is 3.38. The molecule has 0 radical (unpaired) electrons. The second-order valence-electron chi connectivity index (χ2n) is 5.21. The van der Waals surface area contributed by atoms with Crippen LogP contribution in [0.25, 0.3) is 0 Å². The van der Waals surface area contributed by atoms with Crippen LogP contribution < -0.4 is 5.32 Å².